The maximum absolute atomic E-state index is 12.8. The highest BCUT2D eigenvalue weighted by Crippen LogP contribution is 2.25. The summed E-state index contributed by atoms with van der Waals surface area (Å²) in [5, 5.41) is 11.2. The van der Waals surface area contributed by atoms with Gasteiger partial charge in [0.15, 0.2) is 5.69 Å². The number of benzene rings is 2. The van der Waals surface area contributed by atoms with Crippen LogP contribution in [0.25, 0.3) is 11.5 Å². The Bertz CT molecular complexity index is 1270. The van der Waals surface area contributed by atoms with Gasteiger partial charge < -0.3 is 9.73 Å². The third kappa shape index (κ3) is 3.99. The number of oxazole rings is 1. The summed E-state index contributed by atoms with van der Waals surface area (Å²) in [7, 11) is 0. The number of amides is 1. The van der Waals surface area contributed by atoms with Gasteiger partial charge in [-0.1, -0.05) is 35.5 Å². The molecular formula is C24H25N5O2. The van der Waals surface area contributed by atoms with Crippen molar-refractivity contribution in [2.45, 2.75) is 41.2 Å². The van der Waals surface area contributed by atoms with Crippen molar-refractivity contribution in [2.24, 2.45) is 0 Å². The Balaban J connectivity index is 1.56. The topological polar surface area (TPSA) is 85.8 Å². The summed E-state index contributed by atoms with van der Waals surface area (Å²) in [5.74, 6) is 1.01. The number of anilines is 1. The maximum atomic E-state index is 12.8. The van der Waals surface area contributed by atoms with Crippen molar-refractivity contribution < 1.29 is 9.21 Å². The maximum Gasteiger partial charge on any atom is 0.278 e. The van der Waals surface area contributed by atoms with E-state index in [-0.39, 0.29) is 5.91 Å². The number of hydrogen-bond donors (Lipinski definition) is 1. The zero-order chi connectivity index (χ0) is 22.1. The van der Waals surface area contributed by atoms with Crippen LogP contribution in [-0.4, -0.2) is 25.9 Å². The van der Waals surface area contributed by atoms with E-state index in [9.17, 15) is 4.79 Å². The minimum absolute atomic E-state index is 0.282. The number of nitrogens with zero attached hydrogens (tertiary/aromatic N) is 4. The van der Waals surface area contributed by atoms with Crippen LogP contribution in [0, 0.1) is 34.6 Å². The Morgan fingerprint density at radius 3 is 2.52 bits per heavy atom. The first-order valence-corrected chi connectivity index (χ1v) is 10.1. The molecular weight excluding hydrogens is 390 g/mol. The molecule has 1 amide bonds. The Hall–Kier alpha value is -3.74. The number of hydrogen-bond acceptors (Lipinski definition) is 5. The fourth-order valence-corrected chi connectivity index (χ4v) is 3.43. The van der Waals surface area contributed by atoms with E-state index >= 15 is 0 Å². The molecule has 0 fully saturated rings. The number of rotatable bonds is 5. The smallest absolute Gasteiger partial charge is 0.278 e. The summed E-state index contributed by atoms with van der Waals surface area (Å²) >= 11 is 0. The molecule has 4 aromatic rings. The highest BCUT2D eigenvalue weighted by atomic mass is 16.4. The van der Waals surface area contributed by atoms with Gasteiger partial charge in [-0.2, -0.15) is 0 Å². The molecule has 0 bridgehead atoms. The zero-order valence-electron chi connectivity index (χ0n) is 18.4. The molecule has 0 radical (unpaired) electrons. The van der Waals surface area contributed by atoms with E-state index in [1.165, 1.54) is 0 Å². The summed E-state index contributed by atoms with van der Waals surface area (Å²) in [5.41, 5.74) is 6.69. The molecule has 0 aliphatic carbocycles. The van der Waals surface area contributed by atoms with Crippen LogP contribution in [0.3, 0.4) is 0 Å². The van der Waals surface area contributed by atoms with Gasteiger partial charge in [-0.25, -0.2) is 9.67 Å². The first-order chi connectivity index (χ1) is 14.8. The van der Waals surface area contributed by atoms with E-state index in [2.05, 4.69) is 20.6 Å². The van der Waals surface area contributed by atoms with E-state index in [0.29, 0.717) is 23.8 Å². The van der Waals surface area contributed by atoms with Gasteiger partial charge in [0.25, 0.3) is 5.91 Å². The second-order valence-electron chi connectivity index (χ2n) is 7.72. The Kier molecular flexibility index (Phi) is 5.42. The Morgan fingerprint density at radius 1 is 1.00 bits per heavy atom. The minimum Gasteiger partial charge on any atom is -0.441 e. The van der Waals surface area contributed by atoms with Gasteiger partial charge >= 0.3 is 0 Å². The minimum atomic E-state index is -0.282. The first-order valence-electron chi connectivity index (χ1n) is 10.1. The highest BCUT2D eigenvalue weighted by molar-refractivity contribution is 6.04. The molecule has 7 nitrogen and oxygen atoms in total. The molecule has 7 heteroatoms. The molecule has 0 aliphatic heterocycles. The van der Waals surface area contributed by atoms with E-state index < -0.39 is 0 Å². The molecule has 0 saturated carbocycles. The molecule has 31 heavy (non-hydrogen) atoms. The molecule has 0 aliphatic rings. The van der Waals surface area contributed by atoms with Gasteiger partial charge in [0.1, 0.15) is 11.5 Å². The van der Waals surface area contributed by atoms with Crippen LogP contribution in [0.2, 0.25) is 0 Å². The lowest BCUT2D eigenvalue weighted by atomic mass is 10.1. The monoisotopic (exact) mass is 415 g/mol. The number of carbonyl (C=O) groups is 1. The molecule has 4 rings (SSSR count). The van der Waals surface area contributed by atoms with E-state index in [1.54, 1.807) is 4.68 Å². The van der Waals surface area contributed by atoms with Crippen LogP contribution in [-0.2, 0) is 6.54 Å². The van der Waals surface area contributed by atoms with Crippen LogP contribution in [0.4, 0.5) is 5.69 Å². The zero-order valence-corrected chi connectivity index (χ0v) is 18.4. The lowest BCUT2D eigenvalue weighted by Gasteiger charge is -2.09. The largest absolute Gasteiger partial charge is 0.441 e. The van der Waals surface area contributed by atoms with Gasteiger partial charge in [0.05, 0.1) is 12.2 Å². The second kappa shape index (κ2) is 8.18. The van der Waals surface area contributed by atoms with Crippen LogP contribution in [0.15, 0.2) is 46.9 Å². The molecule has 1 N–H and O–H groups in total. The molecule has 0 atom stereocenters. The van der Waals surface area contributed by atoms with Crippen LogP contribution in [0.1, 0.15) is 44.3 Å². The van der Waals surface area contributed by atoms with E-state index in [0.717, 1.165) is 39.4 Å². The first kappa shape index (κ1) is 20.5. The number of carbonyl (C=O) groups excluding carboxylic acids is 1. The molecule has 2 heterocycles. The van der Waals surface area contributed by atoms with Crippen LogP contribution >= 0.6 is 0 Å². The normalized spacial score (nSPS) is 11.0. The second-order valence-corrected chi connectivity index (χ2v) is 7.72. The van der Waals surface area contributed by atoms with Crippen molar-refractivity contribution >= 4 is 11.6 Å². The van der Waals surface area contributed by atoms with Crippen molar-refractivity contribution in [1.29, 1.82) is 0 Å². The predicted molar refractivity (Wildman–Crippen MR) is 119 cm³/mol. The summed E-state index contributed by atoms with van der Waals surface area (Å²) in [6.07, 6.45) is 0. The number of aryl methyl sites for hydroxylation is 3. The van der Waals surface area contributed by atoms with Crippen molar-refractivity contribution in [3.8, 4) is 11.5 Å². The summed E-state index contributed by atoms with van der Waals surface area (Å²) in [6.45, 7) is 10.1. The van der Waals surface area contributed by atoms with Gasteiger partial charge in [0, 0.05) is 11.3 Å². The van der Waals surface area contributed by atoms with Gasteiger partial charge in [0.2, 0.25) is 5.89 Å². The molecule has 0 unspecified atom stereocenters. The number of aromatic nitrogens is 4. The van der Waals surface area contributed by atoms with Gasteiger partial charge in [-0.15, -0.1) is 5.10 Å². The van der Waals surface area contributed by atoms with E-state index in [4.69, 9.17) is 4.42 Å². The Morgan fingerprint density at radius 2 is 1.74 bits per heavy atom. The highest BCUT2D eigenvalue weighted by Gasteiger charge is 2.20. The lowest BCUT2D eigenvalue weighted by Crippen LogP contribution is -2.15. The third-order valence-corrected chi connectivity index (χ3v) is 5.62. The molecule has 2 aromatic carbocycles. The lowest BCUT2D eigenvalue weighted by molar-refractivity contribution is 0.102. The van der Waals surface area contributed by atoms with Crippen LogP contribution < -0.4 is 5.32 Å². The third-order valence-electron chi connectivity index (χ3n) is 5.62. The fraction of sp³-hybridized carbons (Fsp3) is 0.250. The van der Waals surface area contributed by atoms with Gasteiger partial charge in [-0.3, -0.25) is 4.79 Å². The van der Waals surface area contributed by atoms with Crippen molar-refractivity contribution in [1.82, 2.24) is 20.0 Å². The van der Waals surface area contributed by atoms with E-state index in [1.807, 2.05) is 77.1 Å². The molecule has 0 saturated heterocycles. The average molecular weight is 415 g/mol. The summed E-state index contributed by atoms with van der Waals surface area (Å²) < 4.78 is 7.57. The summed E-state index contributed by atoms with van der Waals surface area (Å²) in [6, 6.07) is 13.8. The average Bonchev–Trinajstić information content (AvgIpc) is 3.29. The fourth-order valence-electron chi connectivity index (χ4n) is 3.43. The van der Waals surface area contributed by atoms with Gasteiger partial charge in [-0.05, 0) is 63.4 Å². The van der Waals surface area contributed by atoms with Crippen molar-refractivity contribution in [3.05, 3.63) is 82.0 Å². The van der Waals surface area contributed by atoms with Crippen molar-refractivity contribution in [3.63, 3.8) is 0 Å². The Labute approximate surface area is 181 Å². The summed E-state index contributed by atoms with van der Waals surface area (Å²) in [4.78, 5) is 17.5. The molecule has 158 valence electrons. The molecule has 2 aromatic heterocycles. The van der Waals surface area contributed by atoms with Crippen LogP contribution in [0.5, 0.6) is 0 Å². The van der Waals surface area contributed by atoms with Crippen molar-refractivity contribution in [2.75, 3.05) is 5.32 Å². The quantitative estimate of drug-likeness (QED) is 0.507. The SMILES string of the molecule is Cc1ccccc1-c1nc(Cn2nnc(C(=O)Nc3cccc(C)c3C)c2C)c(C)o1. The molecule has 0 spiro atoms. The number of nitrogens with one attached hydrogen (secondary N) is 1. The standard InChI is InChI=1S/C24H25N5O2/c1-14-10-8-12-20(16(14)3)25-23(30)22-17(4)29(28-27-22)13-21-18(5)31-24(26-21)19-11-7-6-9-15(19)2/h6-12H,13H2,1-5H3,(H,25,30). The predicted octanol–water partition coefficient (Wildman–Crippen LogP) is 4.78.